The first-order chi connectivity index (χ1) is 9.63. The summed E-state index contributed by atoms with van der Waals surface area (Å²) in [4.78, 5) is 2.06. The second kappa shape index (κ2) is 5.18. The number of benzene rings is 1. The lowest BCUT2D eigenvalue weighted by molar-refractivity contribution is -0.195. The van der Waals surface area contributed by atoms with Crippen LogP contribution in [0.2, 0.25) is 0 Å². The van der Waals surface area contributed by atoms with Crippen molar-refractivity contribution in [2.45, 2.75) is 18.7 Å². The van der Waals surface area contributed by atoms with Crippen LogP contribution in [0.15, 0.2) is 42.1 Å². The molecule has 0 unspecified atom stereocenters. The fourth-order valence-electron chi connectivity index (χ4n) is 3.03. The molecule has 0 amide bonds. The van der Waals surface area contributed by atoms with Gasteiger partial charge in [0.05, 0.1) is 13.2 Å². The summed E-state index contributed by atoms with van der Waals surface area (Å²) in [7, 11) is 0. The average molecular weight is 276 g/mol. The molecule has 0 radical (unpaired) electrons. The van der Waals surface area contributed by atoms with Crippen molar-refractivity contribution >= 4 is 0 Å². The molecular formula is C15H20N2O3. The van der Waals surface area contributed by atoms with Gasteiger partial charge in [0, 0.05) is 18.8 Å². The van der Waals surface area contributed by atoms with Crippen LogP contribution >= 0.6 is 0 Å². The van der Waals surface area contributed by atoms with Crippen LogP contribution in [0, 0.1) is 0 Å². The molecule has 5 heteroatoms. The smallest absolute Gasteiger partial charge is 0.146 e. The summed E-state index contributed by atoms with van der Waals surface area (Å²) < 4.78 is 5.35. The first kappa shape index (κ1) is 13.6. The molecule has 2 atom stereocenters. The molecule has 3 rings (SSSR count). The third-order valence-electron chi connectivity index (χ3n) is 4.04. The van der Waals surface area contributed by atoms with E-state index >= 15 is 0 Å². The minimum atomic E-state index is -1.21. The second-order valence-electron chi connectivity index (χ2n) is 5.34. The third-order valence-corrected chi connectivity index (χ3v) is 4.04. The van der Waals surface area contributed by atoms with Gasteiger partial charge in [-0.05, 0) is 18.6 Å². The molecular weight excluding hydrogens is 256 g/mol. The number of ether oxygens (including phenoxy) is 1. The first-order valence-corrected chi connectivity index (χ1v) is 6.90. The zero-order valence-electron chi connectivity index (χ0n) is 11.6. The van der Waals surface area contributed by atoms with E-state index in [1.807, 2.05) is 30.3 Å². The molecule has 20 heavy (non-hydrogen) atoms. The molecule has 2 heterocycles. The van der Waals surface area contributed by atoms with Crippen LogP contribution in [0.3, 0.4) is 0 Å². The highest BCUT2D eigenvalue weighted by atomic mass is 16.5. The summed E-state index contributed by atoms with van der Waals surface area (Å²) in [5.41, 5.74) is 0.234. The van der Waals surface area contributed by atoms with E-state index in [1.54, 1.807) is 13.0 Å². The van der Waals surface area contributed by atoms with Gasteiger partial charge in [-0.1, -0.05) is 30.3 Å². The van der Waals surface area contributed by atoms with Crippen molar-refractivity contribution in [1.82, 2.24) is 9.96 Å². The molecule has 2 N–H and O–H groups in total. The van der Waals surface area contributed by atoms with Crippen LogP contribution in [0.5, 0.6) is 0 Å². The number of hydrogen-bond donors (Lipinski definition) is 2. The highest BCUT2D eigenvalue weighted by molar-refractivity contribution is 5.34. The van der Waals surface area contributed by atoms with Gasteiger partial charge in [0.2, 0.25) is 0 Å². The number of hydrogen-bond acceptors (Lipinski definition) is 5. The highest BCUT2D eigenvalue weighted by Crippen LogP contribution is 2.39. The lowest BCUT2D eigenvalue weighted by atomic mass is 9.91. The van der Waals surface area contributed by atoms with Gasteiger partial charge in [-0.15, -0.1) is 0 Å². The highest BCUT2D eigenvalue weighted by Gasteiger charge is 2.49. The molecule has 0 bridgehead atoms. The quantitative estimate of drug-likeness (QED) is 0.848. The van der Waals surface area contributed by atoms with Gasteiger partial charge in [0.1, 0.15) is 11.8 Å². The van der Waals surface area contributed by atoms with Gasteiger partial charge in [0.15, 0.2) is 0 Å². The Morgan fingerprint density at radius 2 is 1.85 bits per heavy atom. The van der Waals surface area contributed by atoms with Gasteiger partial charge in [-0.25, -0.2) is 5.06 Å². The minimum Gasteiger partial charge on any atom is -0.379 e. The van der Waals surface area contributed by atoms with Gasteiger partial charge in [-0.2, -0.15) is 0 Å². The van der Waals surface area contributed by atoms with E-state index in [0.29, 0.717) is 32.0 Å². The number of rotatable bonds is 2. The molecule has 1 aromatic rings. The Morgan fingerprint density at radius 3 is 2.50 bits per heavy atom. The molecule has 2 aliphatic rings. The van der Waals surface area contributed by atoms with E-state index in [-0.39, 0.29) is 0 Å². The van der Waals surface area contributed by atoms with Crippen molar-refractivity contribution in [1.29, 1.82) is 0 Å². The Morgan fingerprint density at radius 1 is 1.20 bits per heavy atom. The van der Waals surface area contributed by atoms with E-state index in [4.69, 9.17) is 4.74 Å². The van der Waals surface area contributed by atoms with Crippen LogP contribution in [0.1, 0.15) is 12.5 Å². The Bertz CT molecular complexity index is 499. The molecule has 0 spiro atoms. The SMILES string of the molecule is CC1=C[C@](O)(c2ccccc2)[C@@H](N2CCOCC2)N1O. The summed E-state index contributed by atoms with van der Waals surface area (Å²) in [6.45, 7) is 4.42. The average Bonchev–Trinajstić information content (AvgIpc) is 2.72. The topological polar surface area (TPSA) is 56.2 Å². The third kappa shape index (κ3) is 2.13. The van der Waals surface area contributed by atoms with Gasteiger partial charge < -0.3 is 9.84 Å². The number of nitrogens with zero attached hydrogens (tertiary/aromatic N) is 2. The molecule has 1 saturated heterocycles. The first-order valence-electron chi connectivity index (χ1n) is 6.90. The standard InChI is InChI=1S/C15H20N2O3/c1-12-11-15(18,13-5-3-2-4-6-13)14(17(12)19)16-7-9-20-10-8-16/h2-6,11,14,18-19H,7-10H2,1H3/t14-,15-/m0/s1. The van der Waals surface area contributed by atoms with E-state index in [2.05, 4.69) is 4.90 Å². The largest absolute Gasteiger partial charge is 0.379 e. The summed E-state index contributed by atoms with van der Waals surface area (Å²) in [5.74, 6) is 0. The Hall–Kier alpha value is -1.40. The van der Waals surface area contributed by atoms with Crippen molar-refractivity contribution in [2.75, 3.05) is 26.3 Å². The van der Waals surface area contributed by atoms with Crippen molar-refractivity contribution in [2.24, 2.45) is 0 Å². The maximum Gasteiger partial charge on any atom is 0.146 e. The fraction of sp³-hybridized carbons (Fsp3) is 0.467. The molecule has 0 aliphatic carbocycles. The molecule has 5 nitrogen and oxygen atoms in total. The van der Waals surface area contributed by atoms with Crippen molar-refractivity contribution in [3.63, 3.8) is 0 Å². The summed E-state index contributed by atoms with van der Waals surface area (Å²) in [6, 6.07) is 9.48. The lowest BCUT2D eigenvalue weighted by Gasteiger charge is -2.42. The summed E-state index contributed by atoms with van der Waals surface area (Å²) in [6.07, 6.45) is 1.22. The van der Waals surface area contributed by atoms with Crippen LogP contribution in [-0.2, 0) is 10.3 Å². The van der Waals surface area contributed by atoms with Crippen LogP contribution in [0.25, 0.3) is 0 Å². The van der Waals surface area contributed by atoms with Gasteiger partial charge >= 0.3 is 0 Å². The lowest BCUT2D eigenvalue weighted by Crippen LogP contribution is -2.57. The normalized spacial score (nSPS) is 31.4. The van der Waals surface area contributed by atoms with E-state index in [9.17, 15) is 10.3 Å². The maximum absolute atomic E-state index is 11.2. The summed E-state index contributed by atoms with van der Waals surface area (Å²) >= 11 is 0. The number of allylic oxidation sites excluding steroid dienone is 1. The van der Waals surface area contributed by atoms with E-state index in [1.165, 1.54) is 5.06 Å². The second-order valence-corrected chi connectivity index (χ2v) is 5.34. The van der Waals surface area contributed by atoms with Crippen LogP contribution in [0.4, 0.5) is 0 Å². The number of morpholine rings is 1. The Kier molecular flexibility index (Phi) is 3.52. The van der Waals surface area contributed by atoms with E-state index in [0.717, 1.165) is 5.56 Å². The zero-order chi connectivity index (χ0) is 14.2. The van der Waals surface area contributed by atoms with Crippen molar-refractivity contribution < 1.29 is 15.1 Å². The van der Waals surface area contributed by atoms with Crippen LogP contribution < -0.4 is 0 Å². The summed E-state index contributed by atoms with van der Waals surface area (Å²) in [5, 5.41) is 22.6. The number of hydroxylamine groups is 2. The molecule has 2 aliphatic heterocycles. The van der Waals surface area contributed by atoms with Gasteiger partial charge in [-0.3, -0.25) is 10.1 Å². The predicted octanol–water partition coefficient (Wildman–Crippen LogP) is 1.14. The maximum atomic E-state index is 11.2. The molecule has 0 aromatic heterocycles. The molecule has 1 aromatic carbocycles. The van der Waals surface area contributed by atoms with Crippen LogP contribution in [-0.4, -0.2) is 52.7 Å². The monoisotopic (exact) mass is 276 g/mol. The van der Waals surface area contributed by atoms with Crippen molar-refractivity contribution in [3.8, 4) is 0 Å². The molecule has 0 saturated carbocycles. The van der Waals surface area contributed by atoms with E-state index < -0.39 is 11.8 Å². The zero-order valence-corrected chi connectivity index (χ0v) is 11.6. The number of aliphatic hydroxyl groups is 1. The molecule has 108 valence electrons. The van der Waals surface area contributed by atoms with Crippen molar-refractivity contribution in [3.05, 3.63) is 47.7 Å². The fourth-order valence-corrected chi connectivity index (χ4v) is 3.03. The minimum absolute atomic E-state index is 0.506. The van der Waals surface area contributed by atoms with Gasteiger partial charge in [0.25, 0.3) is 0 Å². The Labute approximate surface area is 118 Å². The Balaban J connectivity index is 1.98. The molecule has 1 fully saturated rings. The predicted molar refractivity (Wildman–Crippen MR) is 73.9 cm³/mol.